The Morgan fingerprint density at radius 1 is 0.965 bits per heavy atom. The van der Waals surface area contributed by atoms with Gasteiger partial charge in [-0.2, -0.15) is 10.1 Å². The molecule has 302 valence electrons. The standard InChI is InChI=1S/C42H54BrN10O3P/c1-42(2,3)56-41(54)53-16-13-28(14-17-53)12-15-51-18-20-52(21-19-51)36-23-37(55-5)34(22-31(36)29-24-46-50(4)27-29)48-40-45-25-32(43)39(49-40)47-35-26-44-33-11-9-8-10-30(33)38(35)57(6)7/h8-11,22-28H,12-21H2,1-7H3,(H2,45,47,48,49). The molecule has 0 aliphatic carbocycles. The highest BCUT2D eigenvalue weighted by atomic mass is 79.9. The van der Waals surface area contributed by atoms with Crippen molar-refractivity contribution in [1.82, 2.24) is 34.5 Å². The number of benzene rings is 2. The lowest BCUT2D eigenvalue weighted by molar-refractivity contribution is 0.0177. The largest absolute Gasteiger partial charge is 0.494 e. The van der Waals surface area contributed by atoms with Crippen LogP contribution in [0.4, 0.5) is 33.6 Å². The number of piperidine rings is 1. The monoisotopic (exact) mass is 856 g/mol. The number of carbonyl (C=O) groups is 1. The minimum Gasteiger partial charge on any atom is -0.494 e. The SMILES string of the molecule is COc1cc(N2CCN(CCC3CCN(C(=O)OC(C)(C)C)CC3)CC2)c(-c2cnn(C)c2)cc1Nc1ncc(Br)c(Nc2cnc3ccccc3c2P(C)C)n1. The molecular weight excluding hydrogens is 803 g/mol. The summed E-state index contributed by atoms with van der Waals surface area (Å²) in [5.74, 6) is 2.38. The Hall–Kier alpha value is -4.52. The van der Waals surface area contributed by atoms with E-state index in [-0.39, 0.29) is 6.09 Å². The molecule has 0 atom stereocenters. The number of aryl methyl sites for hydroxylation is 1. The van der Waals surface area contributed by atoms with E-state index < -0.39 is 13.5 Å². The molecule has 2 saturated heterocycles. The summed E-state index contributed by atoms with van der Waals surface area (Å²) in [6.45, 7) is 16.6. The third-order valence-electron chi connectivity index (χ3n) is 10.6. The number of halogens is 1. The molecule has 0 unspecified atom stereocenters. The zero-order chi connectivity index (χ0) is 40.3. The lowest BCUT2D eigenvalue weighted by atomic mass is 9.93. The minimum absolute atomic E-state index is 0.192. The Kier molecular flexibility index (Phi) is 12.5. The van der Waals surface area contributed by atoms with Gasteiger partial charge in [0.15, 0.2) is 0 Å². The van der Waals surface area contributed by atoms with Gasteiger partial charge in [-0.25, -0.2) is 9.78 Å². The number of hydrogen-bond acceptors (Lipinski definition) is 11. The predicted octanol–water partition coefficient (Wildman–Crippen LogP) is 8.21. The average Bonchev–Trinajstić information content (AvgIpc) is 3.63. The molecular formula is C42H54BrN10O3P. The van der Waals surface area contributed by atoms with E-state index in [1.807, 2.05) is 68.1 Å². The second-order valence-electron chi connectivity index (χ2n) is 16.1. The number of amides is 1. The number of piperazine rings is 1. The Labute approximate surface area is 345 Å². The third kappa shape index (κ3) is 9.79. The first-order valence-electron chi connectivity index (χ1n) is 19.6. The molecule has 1 amide bonds. The first-order valence-corrected chi connectivity index (χ1v) is 22.7. The molecule has 0 radical (unpaired) electrons. The van der Waals surface area contributed by atoms with E-state index in [0.29, 0.717) is 23.4 Å². The molecule has 7 rings (SSSR count). The van der Waals surface area contributed by atoms with E-state index in [0.717, 1.165) is 109 Å². The number of likely N-dealkylation sites (tertiary alicyclic amines) is 1. The normalized spacial score (nSPS) is 15.7. The molecule has 2 N–H and O–H groups in total. The number of para-hydroxylation sites is 1. The van der Waals surface area contributed by atoms with E-state index in [1.54, 1.807) is 13.3 Å². The Bertz CT molecular complexity index is 2190. The van der Waals surface area contributed by atoms with Crippen molar-refractivity contribution in [2.24, 2.45) is 13.0 Å². The molecule has 0 bridgehead atoms. The van der Waals surface area contributed by atoms with Gasteiger partial charge in [0.25, 0.3) is 0 Å². The number of carbonyl (C=O) groups excluding carboxylic acids is 1. The minimum atomic E-state index is -0.465. The van der Waals surface area contributed by atoms with Gasteiger partial charge >= 0.3 is 6.09 Å². The van der Waals surface area contributed by atoms with Crippen molar-refractivity contribution >= 4 is 75.0 Å². The zero-order valence-electron chi connectivity index (χ0n) is 34.0. The molecule has 13 nitrogen and oxygen atoms in total. The molecule has 5 heterocycles. The number of rotatable bonds is 11. The number of methoxy groups -OCH3 is 1. The maximum Gasteiger partial charge on any atom is 0.410 e. The van der Waals surface area contributed by atoms with Gasteiger partial charge in [0, 0.05) is 92.3 Å². The Morgan fingerprint density at radius 2 is 1.72 bits per heavy atom. The molecule has 3 aromatic heterocycles. The highest BCUT2D eigenvalue weighted by molar-refractivity contribution is 9.10. The maximum absolute atomic E-state index is 12.5. The summed E-state index contributed by atoms with van der Waals surface area (Å²) in [6.07, 6.45) is 10.6. The number of aromatic nitrogens is 5. The number of pyridine rings is 1. The lowest BCUT2D eigenvalue weighted by Gasteiger charge is -2.38. The lowest BCUT2D eigenvalue weighted by Crippen LogP contribution is -2.47. The fourth-order valence-electron chi connectivity index (χ4n) is 7.66. The van der Waals surface area contributed by atoms with Crippen molar-refractivity contribution in [3.63, 3.8) is 0 Å². The highest BCUT2D eigenvalue weighted by Gasteiger charge is 2.28. The topological polar surface area (TPSA) is 126 Å². The summed E-state index contributed by atoms with van der Waals surface area (Å²) in [5, 5.41) is 13.9. The van der Waals surface area contributed by atoms with Crippen molar-refractivity contribution in [3.05, 3.63) is 65.7 Å². The summed E-state index contributed by atoms with van der Waals surface area (Å²) in [6, 6.07) is 12.5. The second kappa shape index (κ2) is 17.5. The van der Waals surface area contributed by atoms with E-state index in [9.17, 15) is 4.79 Å². The van der Waals surface area contributed by atoms with Crippen LogP contribution in [0.2, 0.25) is 0 Å². The van der Waals surface area contributed by atoms with E-state index in [1.165, 1.54) is 5.30 Å². The molecule has 2 aliphatic heterocycles. The molecule has 0 spiro atoms. The van der Waals surface area contributed by atoms with Crippen molar-refractivity contribution in [1.29, 1.82) is 0 Å². The number of hydrogen-bond donors (Lipinski definition) is 2. The van der Waals surface area contributed by atoms with Crippen LogP contribution >= 0.6 is 23.9 Å². The Balaban J connectivity index is 1.05. The van der Waals surface area contributed by atoms with Crippen LogP contribution < -0.4 is 25.6 Å². The van der Waals surface area contributed by atoms with Crippen molar-refractivity contribution in [2.75, 3.05) is 81.8 Å². The van der Waals surface area contributed by atoms with Crippen LogP contribution in [0.3, 0.4) is 0 Å². The fraction of sp³-hybridized carbons (Fsp3) is 0.452. The van der Waals surface area contributed by atoms with Crippen LogP contribution in [0.25, 0.3) is 22.0 Å². The summed E-state index contributed by atoms with van der Waals surface area (Å²) >= 11 is 3.67. The first-order chi connectivity index (χ1) is 27.3. The number of nitrogens with zero attached hydrogens (tertiary/aromatic N) is 8. The van der Waals surface area contributed by atoms with Gasteiger partial charge in [0.1, 0.15) is 17.2 Å². The number of nitrogens with one attached hydrogen (secondary N) is 2. The molecule has 2 aromatic carbocycles. The zero-order valence-corrected chi connectivity index (χ0v) is 36.5. The van der Waals surface area contributed by atoms with E-state index in [4.69, 9.17) is 19.4 Å². The van der Waals surface area contributed by atoms with Gasteiger partial charge in [0.2, 0.25) is 5.95 Å². The summed E-state index contributed by atoms with van der Waals surface area (Å²) in [7, 11) is 3.19. The van der Waals surface area contributed by atoms with Crippen LogP contribution in [-0.2, 0) is 11.8 Å². The van der Waals surface area contributed by atoms with Crippen LogP contribution in [0.15, 0.2) is 65.7 Å². The molecule has 57 heavy (non-hydrogen) atoms. The average molecular weight is 858 g/mol. The van der Waals surface area contributed by atoms with Gasteiger partial charge in [-0.3, -0.25) is 14.6 Å². The molecule has 0 saturated carbocycles. The first kappa shape index (κ1) is 40.7. The number of fused-ring (bicyclic) bond motifs is 1. The smallest absolute Gasteiger partial charge is 0.410 e. The van der Waals surface area contributed by atoms with E-state index >= 15 is 0 Å². The van der Waals surface area contributed by atoms with Gasteiger partial charge in [-0.15, -0.1) is 0 Å². The van der Waals surface area contributed by atoms with Crippen molar-refractivity contribution < 1.29 is 14.3 Å². The summed E-state index contributed by atoms with van der Waals surface area (Å²) < 4.78 is 14.2. The second-order valence-corrected chi connectivity index (χ2v) is 19.2. The van der Waals surface area contributed by atoms with E-state index in [2.05, 4.69) is 84.0 Å². The van der Waals surface area contributed by atoms with Crippen LogP contribution in [0, 0.1) is 5.92 Å². The van der Waals surface area contributed by atoms with Crippen molar-refractivity contribution in [2.45, 2.75) is 45.6 Å². The number of ether oxygens (including phenoxy) is 2. The molecule has 5 aromatic rings. The maximum atomic E-state index is 12.5. The fourth-order valence-corrected chi connectivity index (χ4v) is 9.22. The third-order valence-corrected chi connectivity index (χ3v) is 12.6. The summed E-state index contributed by atoms with van der Waals surface area (Å²) in [4.78, 5) is 33.7. The van der Waals surface area contributed by atoms with Crippen molar-refractivity contribution in [3.8, 4) is 16.9 Å². The van der Waals surface area contributed by atoms with Crippen LogP contribution in [-0.4, -0.2) is 112 Å². The Morgan fingerprint density at radius 3 is 2.40 bits per heavy atom. The quantitative estimate of drug-likeness (QED) is 0.125. The van der Waals surface area contributed by atoms with Gasteiger partial charge in [-0.05, 0) is 93.9 Å². The molecule has 15 heteroatoms. The van der Waals surface area contributed by atoms with Gasteiger partial charge in [0.05, 0.1) is 40.9 Å². The van der Waals surface area contributed by atoms with Gasteiger partial charge in [-0.1, -0.05) is 26.1 Å². The predicted molar refractivity (Wildman–Crippen MR) is 235 cm³/mol. The molecule has 2 aliphatic rings. The van der Waals surface area contributed by atoms with Crippen LogP contribution in [0.5, 0.6) is 5.75 Å². The molecule has 2 fully saturated rings. The van der Waals surface area contributed by atoms with Gasteiger partial charge < -0.3 is 29.9 Å². The summed E-state index contributed by atoms with van der Waals surface area (Å²) in [5.41, 5.74) is 5.37. The highest BCUT2D eigenvalue weighted by Crippen LogP contribution is 2.41. The number of anilines is 5. The van der Waals surface area contributed by atoms with Crippen LogP contribution in [0.1, 0.15) is 40.0 Å².